The number of alkyl carbamates (subject to hydrolysis) is 1. The minimum atomic E-state index is -2.75. The predicted octanol–water partition coefficient (Wildman–Crippen LogP) is 4.74. The first-order valence-corrected chi connectivity index (χ1v) is 14.4. The lowest BCUT2D eigenvalue weighted by Gasteiger charge is -2.28. The monoisotopic (exact) mass is 516 g/mol. The summed E-state index contributed by atoms with van der Waals surface area (Å²) in [5, 5.41) is 22.1. The number of hydrogen-bond acceptors (Lipinski definition) is 8. The van der Waals surface area contributed by atoms with Crippen molar-refractivity contribution in [3.05, 3.63) is 48.0 Å². The van der Waals surface area contributed by atoms with E-state index in [1.807, 2.05) is 52.0 Å². The van der Waals surface area contributed by atoms with Crippen LogP contribution < -0.4 is 5.32 Å². The second-order valence-electron chi connectivity index (χ2n) is 8.04. The van der Waals surface area contributed by atoms with Crippen LogP contribution in [0.15, 0.2) is 42.5 Å². The zero-order chi connectivity index (χ0) is 26.0. The number of nitrogens with one attached hydrogen (secondary N) is 1. The first kappa shape index (κ1) is 27.6. The highest BCUT2D eigenvalue weighted by Gasteiger charge is 2.39. The van der Waals surface area contributed by atoms with Crippen LogP contribution in [0.25, 0.3) is 16.7 Å². The van der Waals surface area contributed by atoms with Gasteiger partial charge in [-0.25, -0.2) is 4.79 Å². The smallest absolute Gasteiger partial charge is 0.500 e. The maximum Gasteiger partial charge on any atom is 0.500 e. The lowest BCUT2D eigenvalue weighted by atomic mass is 10.1. The number of carbonyl (C=O) groups is 1. The van der Waals surface area contributed by atoms with Crippen LogP contribution in [-0.2, 0) is 18.0 Å². The summed E-state index contributed by atoms with van der Waals surface area (Å²) in [7, 11) is -2.75. The van der Waals surface area contributed by atoms with Gasteiger partial charge in [-0.3, -0.25) is 0 Å². The van der Waals surface area contributed by atoms with Gasteiger partial charge in [-0.2, -0.15) is 0 Å². The fourth-order valence-corrected chi connectivity index (χ4v) is 6.54. The van der Waals surface area contributed by atoms with Gasteiger partial charge in [-0.15, -0.1) is 15.0 Å². The van der Waals surface area contributed by atoms with Gasteiger partial charge >= 0.3 is 14.9 Å². The number of amides is 1. The standard InChI is InChI=1S/C25H36N4O6Si/c1-5-24(35-25(31)26-16-11-17-36(32-6-2,33-7-3)34-8-4)19-14-15-23(30)22(18-19)29-27-20-12-9-10-13-21(20)28-29/h9-10,12-15,18,24,30H,5-8,11,16-17H2,1-4H3,(H,26,31). The molecular weight excluding hydrogens is 480 g/mol. The Morgan fingerprint density at radius 1 is 1.00 bits per heavy atom. The number of rotatable bonds is 14. The molecule has 1 amide bonds. The van der Waals surface area contributed by atoms with Crippen LogP contribution in [0, 0.1) is 0 Å². The molecule has 2 aromatic carbocycles. The molecule has 0 saturated carbocycles. The number of phenolic OH excluding ortho intramolecular Hbond substituents is 1. The van der Waals surface area contributed by atoms with Crippen LogP contribution in [0.2, 0.25) is 6.04 Å². The first-order chi connectivity index (χ1) is 17.4. The van der Waals surface area contributed by atoms with Crippen LogP contribution in [0.1, 0.15) is 52.2 Å². The third kappa shape index (κ3) is 7.03. The van der Waals surface area contributed by atoms with Crippen LogP contribution in [0.5, 0.6) is 5.75 Å². The topological polar surface area (TPSA) is 117 Å². The van der Waals surface area contributed by atoms with Crippen molar-refractivity contribution in [3.63, 3.8) is 0 Å². The van der Waals surface area contributed by atoms with Gasteiger partial charge in [0.2, 0.25) is 0 Å². The van der Waals surface area contributed by atoms with E-state index in [9.17, 15) is 9.90 Å². The minimum Gasteiger partial charge on any atom is -0.506 e. The van der Waals surface area contributed by atoms with Gasteiger partial charge in [0.1, 0.15) is 28.6 Å². The molecule has 196 valence electrons. The lowest BCUT2D eigenvalue weighted by molar-refractivity contribution is 0.0702. The summed E-state index contributed by atoms with van der Waals surface area (Å²) in [6, 6.07) is 13.1. The Hall–Kier alpha value is -2.99. The number of ether oxygens (including phenoxy) is 1. The summed E-state index contributed by atoms with van der Waals surface area (Å²) in [5.74, 6) is 0.0314. The van der Waals surface area contributed by atoms with E-state index in [1.54, 1.807) is 18.2 Å². The van der Waals surface area contributed by atoms with Gasteiger partial charge in [-0.1, -0.05) is 25.1 Å². The average Bonchev–Trinajstić information content (AvgIpc) is 3.30. The van der Waals surface area contributed by atoms with E-state index < -0.39 is 21.0 Å². The van der Waals surface area contributed by atoms with E-state index in [4.69, 9.17) is 18.0 Å². The maximum absolute atomic E-state index is 12.5. The van der Waals surface area contributed by atoms with Gasteiger partial charge in [0.05, 0.1) is 0 Å². The molecular formula is C25H36N4O6Si. The molecule has 0 fully saturated rings. The molecule has 1 unspecified atom stereocenters. The van der Waals surface area contributed by atoms with Gasteiger partial charge < -0.3 is 28.4 Å². The lowest BCUT2D eigenvalue weighted by Crippen LogP contribution is -2.46. The molecule has 10 nitrogen and oxygen atoms in total. The summed E-state index contributed by atoms with van der Waals surface area (Å²) in [6.45, 7) is 9.62. The quantitative estimate of drug-likeness (QED) is 0.233. The third-order valence-corrected chi connectivity index (χ3v) is 8.67. The molecule has 3 aromatic rings. The Kier molecular flexibility index (Phi) is 10.2. The van der Waals surface area contributed by atoms with Crippen molar-refractivity contribution in [1.82, 2.24) is 20.3 Å². The molecule has 11 heteroatoms. The summed E-state index contributed by atoms with van der Waals surface area (Å²) < 4.78 is 23.2. The second-order valence-corrected chi connectivity index (χ2v) is 10.8. The largest absolute Gasteiger partial charge is 0.506 e. The molecule has 0 spiro atoms. The summed E-state index contributed by atoms with van der Waals surface area (Å²) >= 11 is 0. The molecule has 0 aliphatic rings. The van der Waals surface area contributed by atoms with Gasteiger partial charge in [-0.05, 0) is 63.4 Å². The number of aromatic hydroxyl groups is 1. The Morgan fingerprint density at radius 3 is 2.17 bits per heavy atom. The van der Waals surface area contributed by atoms with Crippen molar-refractivity contribution in [2.45, 2.75) is 52.7 Å². The van der Waals surface area contributed by atoms with Crippen molar-refractivity contribution in [2.75, 3.05) is 26.4 Å². The summed E-state index contributed by atoms with van der Waals surface area (Å²) in [5.41, 5.74) is 2.58. The Balaban J connectivity index is 1.61. The normalized spacial score (nSPS) is 12.6. The maximum atomic E-state index is 12.5. The average molecular weight is 517 g/mol. The van der Waals surface area contributed by atoms with Crippen molar-refractivity contribution in [1.29, 1.82) is 0 Å². The zero-order valence-corrected chi connectivity index (χ0v) is 22.4. The first-order valence-electron chi connectivity index (χ1n) is 12.5. The summed E-state index contributed by atoms with van der Waals surface area (Å²) in [4.78, 5) is 13.9. The van der Waals surface area contributed by atoms with Crippen molar-refractivity contribution >= 4 is 25.9 Å². The number of carbonyl (C=O) groups excluding carboxylic acids is 1. The molecule has 0 bridgehead atoms. The summed E-state index contributed by atoms with van der Waals surface area (Å²) in [6.07, 6.45) is 0.176. The Morgan fingerprint density at radius 2 is 1.61 bits per heavy atom. The van der Waals surface area contributed by atoms with E-state index >= 15 is 0 Å². The van der Waals surface area contributed by atoms with Crippen molar-refractivity contribution in [3.8, 4) is 11.4 Å². The number of aromatic nitrogens is 3. The molecule has 0 saturated heterocycles. The zero-order valence-electron chi connectivity index (χ0n) is 21.4. The molecule has 0 radical (unpaired) electrons. The van der Waals surface area contributed by atoms with Crippen LogP contribution in [0.3, 0.4) is 0 Å². The van der Waals surface area contributed by atoms with Crippen LogP contribution >= 0.6 is 0 Å². The molecule has 1 aromatic heterocycles. The molecule has 0 aliphatic heterocycles. The van der Waals surface area contributed by atoms with E-state index in [2.05, 4.69) is 15.5 Å². The SMILES string of the molecule is CCO[Si](CCCNC(=O)OC(CC)c1ccc(O)c(-n2nc3ccccc3n2)c1)(OCC)OCC. The number of hydrogen-bond donors (Lipinski definition) is 2. The number of phenols is 1. The van der Waals surface area contributed by atoms with E-state index in [0.717, 1.165) is 16.6 Å². The van der Waals surface area contributed by atoms with Crippen molar-refractivity contribution in [2.24, 2.45) is 0 Å². The number of nitrogens with zero attached hydrogens (tertiary/aromatic N) is 3. The van der Waals surface area contributed by atoms with Crippen molar-refractivity contribution < 1.29 is 27.9 Å². The highest BCUT2D eigenvalue weighted by Crippen LogP contribution is 2.29. The van der Waals surface area contributed by atoms with E-state index in [0.29, 0.717) is 50.9 Å². The molecule has 1 heterocycles. The molecule has 1 atom stereocenters. The molecule has 3 rings (SSSR count). The fourth-order valence-electron chi connectivity index (χ4n) is 3.92. The highest BCUT2D eigenvalue weighted by molar-refractivity contribution is 6.60. The predicted molar refractivity (Wildman–Crippen MR) is 138 cm³/mol. The second kappa shape index (κ2) is 13.4. The highest BCUT2D eigenvalue weighted by atomic mass is 28.4. The fraction of sp³-hybridized carbons (Fsp3) is 0.480. The van der Waals surface area contributed by atoms with E-state index in [-0.39, 0.29) is 5.75 Å². The Labute approximate surface area is 212 Å². The third-order valence-electron chi connectivity index (χ3n) is 5.52. The Bertz CT molecular complexity index is 1070. The molecule has 0 aliphatic carbocycles. The van der Waals surface area contributed by atoms with Gasteiger partial charge in [0.15, 0.2) is 0 Å². The molecule has 36 heavy (non-hydrogen) atoms. The number of fused-ring (bicyclic) bond motifs is 1. The van der Waals surface area contributed by atoms with Crippen LogP contribution in [0.4, 0.5) is 4.79 Å². The minimum absolute atomic E-state index is 0.0314. The van der Waals surface area contributed by atoms with Gasteiger partial charge in [0.25, 0.3) is 0 Å². The number of benzene rings is 2. The molecule has 2 N–H and O–H groups in total. The van der Waals surface area contributed by atoms with E-state index in [1.165, 1.54) is 4.80 Å². The van der Waals surface area contributed by atoms with Gasteiger partial charge in [0, 0.05) is 32.4 Å². The van der Waals surface area contributed by atoms with Crippen LogP contribution in [-0.4, -0.2) is 61.4 Å².